The lowest BCUT2D eigenvalue weighted by Gasteiger charge is -2.46. The van der Waals surface area contributed by atoms with Crippen molar-refractivity contribution in [2.24, 2.45) is 23.7 Å². The lowest BCUT2D eigenvalue weighted by molar-refractivity contribution is 0.0697. The maximum absolute atomic E-state index is 11.7. The molecule has 0 spiro atoms. The second kappa shape index (κ2) is 5.54. The molecular weight excluding hydrogens is 286 g/mol. The van der Waals surface area contributed by atoms with Crippen molar-refractivity contribution >= 4 is 11.7 Å². The Bertz CT molecular complexity index is 622. The molecule has 1 heterocycles. The van der Waals surface area contributed by atoms with Crippen LogP contribution in [0.5, 0.6) is 0 Å². The number of carboxylic acids is 1. The Morgan fingerprint density at radius 2 is 2.00 bits per heavy atom. The fourth-order valence-corrected chi connectivity index (χ4v) is 5.99. The highest BCUT2D eigenvalue weighted by Crippen LogP contribution is 2.62. The third-order valence-electron chi connectivity index (χ3n) is 6.95. The fourth-order valence-electron chi connectivity index (χ4n) is 5.99. The molecule has 1 aromatic carbocycles. The molecule has 1 aromatic rings. The second-order valence-electron chi connectivity index (χ2n) is 7.76. The average Bonchev–Trinajstić information content (AvgIpc) is 3.17. The maximum atomic E-state index is 11.7. The number of carboxylic acid groups (broad SMARTS) is 1. The highest BCUT2D eigenvalue weighted by molar-refractivity contribution is 5.95. The van der Waals surface area contributed by atoms with Gasteiger partial charge in [-0.1, -0.05) is 38.8 Å². The number of hydrogen-bond acceptors (Lipinski definition) is 2. The van der Waals surface area contributed by atoms with Crippen molar-refractivity contribution in [3.05, 3.63) is 29.3 Å². The summed E-state index contributed by atoms with van der Waals surface area (Å²) in [5.41, 5.74) is 2.66. The lowest BCUT2D eigenvalue weighted by Crippen LogP contribution is -2.45. The molecule has 2 fully saturated rings. The minimum absolute atomic E-state index is 0.443. The van der Waals surface area contributed by atoms with Gasteiger partial charge in [0.05, 0.1) is 11.3 Å². The molecule has 0 saturated heterocycles. The van der Waals surface area contributed by atoms with Crippen LogP contribution >= 0.6 is 0 Å². The van der Waals surface area contributed by atoms with Crippen LogP contribution in [-0.4, -0.2) is 17.1 Å². The first-order valence-corrected chi connectivity index (χ1v) is 9.28. The third kappa shape index (κ3) is 2.12. The van der Waals surface area contributed by atoms with Gasteiger partial charge in [0.1, 0.15) is 0 Å². The van der Waals surface area contributed by atoms with Gasteiger partial charge in [-0.25, -0.2) is 4.79 Å². The summed E-state index contributed by atoms with van der Waals surface area (Å²) in [7, 11) is 0. The summed E-state index contributed by atoms with van der Waals surface area (Å²) in [5, 5.41) is 13.3. The van der Waals surface area contributed by atoms with E-state index in [1.54, 1.807) is 6.07 Å². The average molecular weight is 313 g/mol. The van der Waals surface area contributed by atoms with Crippen molar-refractivity contribution in [2.45, 2.75) is 57.9 Å². The fraction of sp³-hybridized carbons (Fsp3) is 0.650. The Kier molecular flexibility index (Phi) is 3.62. The number of carbonyl (C=O) groups is 1. The standard InChI is InChI=1S/C20H27NO2/c1-3-11(4-2)18-17-13-9-8-12(10-13)16(17)14-6-5-7-15(20(22)23)19(14)21-18/h5-7,11-13,16-18,21H,3-4,8-10H2,1-2H3,(H,22,23)/t12-,13-,16+,17+,18+/m0/s1. The molecule has 0 radical (unpaired) electrons. The minimum atomic E-state index is -0.806. The maximum Gasteiger partial charge on any atom is 0.337 e. The van der Waals surface area contributed by atoms with Crippen LogP contribution in [0, 0.1) is 23.7 Å². The van der Waals surface area contributed by atoms with Crippen LogP contribution in [0.25, 0.3) is 0 Å². The van der Waals surface area contributed by atoms with Gasteiger partial charge in [-0.3, -0.25) is 0 Å². The molecule has 2 N–H and O–H groups in total. The van der Waals surface area contributed by atoms with Crippen molar-refractivity contribution in [1.82, 2.24) is 0 Å². The summed E-state index contributed by atoms with van der Waals surface area (Å²) in [5.74, 6) is 2.72. The van der Waals surface area contributed by atoms with Gasteiger partial charge in [0.15, 0.2) is 0 Å². The summed E-state index contributed by atoms with van der Waals surface area (Å²) >= 11 is 0. The molecule has 0 aromatic heterocycles. The zero-order chi connectivity index (χ0) is 16.1. The molecule has 5 atom stereocenters. The quantitative estimate of drug-likeness (QED) is 0.843. The van der Waals surface area contributed by atoms with Crippen molar-refractivity contribution in [3.8, 4) is 0 Å². The number of rotatable bonds is 4. The Morgan fingerprint density at radius 3 is 2.70 bits per heavy atom. The van der Waals surface area contributed by atoms with Crippen LogP contribution in [-0.2, 0) is 0 Å². The van der Waals surface area contributed by atoms with Crippen LogP contribution in [0.2, 0.25) is 0 Å². The Morgan fingerprint density at radius 1 is 1.26 bits per heavy atom. The number of anilines is 1. The minimum Gasteiger partial charge on any atom is -0.478 e. The SMILES string of the molecule is CCC(CC)[C@H]1Nc2c(C(=O)O)cccc2[C@H]2[C@H]3CC[C@@H](C3)[C@H]21. The smallest absolute Gasteiger partial charge is 0.337 e. The zero-order valence-electron chi connectivity index (χ0n) is 14.1. The van der Waals surface area contributed by atoms with Crippen LogP contribution in [0.1, 0.15) is 67.8 Å². The third-order valence-corrected chi connectivity index (χ3v) is 6.95. The molecule has 0 unspecified atom stereocenters. The second-order valence-corrected chi connectivity index (χ2v) is 7.76. The number of para-hydroxylation sites is 1. The summed E-state index contributed by atoms with van der Waals surface area (Å²) in [6, 6.07) is 6.31. The number of fused-ring (bicyclic) bond motifs is 7. The molecule has 3 heteroatoms. The number of benzene rings is 1. The first-order valence-electron chi connectivity index (χ1n) is 9.28. The molecule has 124 valence electrons. The van der Waals surface area contributed by atoms with Crippen LogP contribution in [0.15, 0.2) is 18.2 Å². The molecule has 1 aliphatic heterocycles. The van der Waals surface area contributed by atoms with E-state index in [1.807, 2.05) is 6.07 Å². The van der Waals surface area contributed by atoms with E-state index in [4.69, 9.17) is 0 Å². The molecule has 23 heavy (non-hydrogen) atoms. The predicted molar refractivity (Wildman–Crippen MR) is 91.9 cm³/mol. The number of nitrogens with one attached hydrogen (secondary N) is 1. The van der Waals surface area contributed by atoms with E-state index in [-0.39, 0.29) is 0 Å². The molecule has 2 bridgehead atoms. The van der Waals surface area contributed by atoms with E-state index < -0.39 is 5.97 Å². The number of hydrogen-bond donors (Lipinski definition) is 2. The van der Waals surface area contributed by atoms with Crippen LogP contribution < -0.4 is 5.32 Å². The van der Waals surface area contributed by atoms with Gasteiger partial charge in [0.2, 0.25) is 0 Å². The molecule has 2 aliphatic carbocycles. The Hall–Kier alpha value is -1.51. The number of aromatic carboxylic acids is 1. The summed E-state index contributed by atoms with van der Waals surface area (Å²) in [4.78, 5) is 11.7. The van der Waals surface area contributed by atoms with Gasteiger partial charge in [0, 0.05) is 6.04 Å². The molecule has 4 rings (SSSR count). The van der Waals surface area contributed by atoms with E-state index >= 15 is 0 Å². The van der Waals surface area contributed by atoms with Gasteiger partial charge >= 0.3 is 5.97 Å². The lowest BCUT2D eigenvalue weighted by atomic mass is 9.65. The van der Waals surface area contributed by atoms with E-state index in [2.05, 4.69) is 25.2 Å². The van der Waals surface area contributed by atoms with E-state index in [0.29, 0.717) is 29.4 Å². The highest BCUT2D eigenvalue weighted by Gasteiger charge is 2.54. The molecule has 0 amide bonds. The Balaban J connectivity index is 1.83. The topological polar surface area (TPSA) is 49.3 Å². The first kappa shape index (κ1) is 15.0. The van der Waals surface area contributed by atoms with E-state index in [0.717, 1.165) is 17.5 Å². The van der Waals surface area contributed by atoms with Crippen LogP contribution in [0.3, 0.4) is 0 Å². The first-order chi connectivity index (χ1) is 11.2. The Labute approximate surface area is 138 Å². The van der Waals surface area contributed by atoms with Crippen molar-refractivity contribution < 1.29 is 9.90 Å². The van der Waals surface area contributed by atoms with E-state index in [9.17, 15) is 9.90 Å². The molecule has 3 nitrogen and oxygen atoms in total. The van der Waals surface area contributed by atoms with Gasteiger partial charge in [0.25, 0.3) is 0 Å². The highest BCUT2D eigenvalue weighted by atomic mass is 16.4. The largest absolute Gasteiger partial charge is 0.478 e. The van der Waals surface area contributed by atoms with Gasteiger partial charge in [-0.2, -0.15) is 0 Å². The normalized spacial score (nSPS) is 34.1. The molecule has 3 aliphatic rings. The summed E-state index contributed by atoms with van der Waals surface area (Å²) < 4.78 is 0. The monoisotopic (exact) mass is 313 g/mol. The molecular formula is C20H27NO2. The zero-order valence-corrected chi connectivity index (χ0v) is 14.1. The van der Waals surface area contributed by atoms with Crippen molar-refractivity contribution in [3.63, 3.8) is 0 Å². The summed E-state index contributed by atoms with van der Waals surface area (Å²) in [6.45, 7) is 4.55. The van der Waals surface area contributed by atoms with Crippen LogP contribution in [0.4, 0.5) is 5.69 Å². The summed E-state index contributed by atoms with van der Waals surface area (Å²) in [6.07, 6.45) is 6.39. The van der Waals surface area contributed by atoms with Gasteiger partial charge < -0.3 is 10.4 Å². The van der Waals surface area contributed by atoms with Gasteiger partial charge in [-0.05, 0) is 60.5 Å². The predicted octanol–water partition coefficient (Wildman–Crippen LogP) is 4.74. The van der Waals surface area contributed by atoms with Gasteiger partial charge in [-0.15, -0.1) is 0 Å². The van der Waals surface area contributed by atoms with E-state index in [1.165, 1.54) is 37.7 Å². The molecule has 2 saturated carbocycles. The van der Waals surface area contributed by atoms with Crippen molar-refractivity contribution in [2.75, 3.05) is 5.32 Å². The van der Waals surface area contributed by atoms with Crippen molar-refractivity contribution in [1.29, 1.82) is 0 Å².